The molecule has 1 N–H and O–H groups in total. The summed E-state index contributed by atoms with van der Waals surface area (Å²) >= 11 is 3.29. The molecule has 5 nitrogen and oxygen atoms in total. The van der Waals surface area contributed by atoms with Gasteiger partial charge in [0, 0.05) is 37.2 Å². The zero-order valence-electron chi connectivity index (χ0n) is 10.5. The summed E-state index contributed by atoms with van der Waals surface area (Å²) in [6, 6.07) is 6.68. The standard InChI is InChI=1S/C12H17BrN2O3S/c13-11-1-3-12(4-2-11)19(17,18)15-7-5-14(6-8-15)9-10-16/h1-4,16H,5-10H2. The molecule has 0 aliphatic carbocycles. The Balaban J connectivity index is 2.07. The molecule has 2 rings (SSSR count). The van der Waals surface area contributed by atoms with Crippen LogP contribution in [0.2, 0.25) is 0 Å². The lowest BCUT2D eigenvalue weighted by Gasteiger charge is -2.33. The number of hydrogen-bond donors (Lipinski definition) is 1. The smallest absolute Gasteiger partial charge is 0.243 e. The molecular formula is C12H17BrN2O3S. The van der Waals surface area contributed by atoms with Gasteiger partial charge >= 0.3 is 0 Å². The van der Waals surface area contributed by atoms with Gasteiger partial charge in [-0.2, -0.15) is 4.31 Å². The van der Waals surface area contributed by atoms with Gasteiger partial charge in [-0.1, -0.05) is 15.9 Å². The molecule has 0 bridgehead atoms. The van der Waals surface area contributed by atoms with Gasteiger partial charge < -0.3 is 5.11 Å². The Labute approximate surface area is 122 Å². The van der Waals surface area contributed by atoms with E-state index in [4.69, 9.17) is 5.11 Å². The highest BCUT2D eigenvalue weighted by molar-refractivity contribution is 9.10. The summed E-state index contributed by atoms with van der Waals surface area (Å²) in [6.07, 6.45) is 0. The Morgan fingerprint density at radius 2 is 1.68 bits per heavy atom. The Morgan fingerprint density at radius 1 is 1.11 bits per heavy atom. The van der Waals surface area contributed by atoms with Crippen molar-refractivity contribution >= 4 is 26.0 Å². The monoisotopic (exact) mass is 348 g/mol. The molecule has 0 aromatic heterocycles. The van der Waals surface area contributed by atoms with Crippen molar-refractivity contribution in [2.75, 3.05) is 39.3 Å². The normalized spacial score (nSPS) is 18.6. The van der Waals surface area contributed by atoms with Crippen LogP contribution in [-0.4, -0.2) is 62.1 Å². The molecule has 0 saturated carbocycles. The summed E-state index contributed by atoms with van der Waals surface area (Å²) in [5, 5.41) is 8.87. The molecule has 106 valence electrons. The largest absolute Gasteiger partial charge is 0.395 e. The van der Waals surface area contributed by atoms with Gasteiger partial charge in [0.1, 0.15) is 0 Å². The van der Waals surface area contributed by atoms with Crippen LogP contribution in [0.15, 0.2) is 33.6 Å². The Bertz CT molecular complexity index is 510. The first-order valence-corrected chi connectivity index (χ1v) is 8.36. The van der Waals surface area contributed by atoms with Gasteiger partial charge in [0.2, 0.25) is 10.0 Å². The van der Waals surface area contributed by atoms with Crippen LogP contribution in [0.1, 0.15) is 0 Å². The van der Waals surface area contributed by atoms with Crippen LogP contribution < -0.4 is 0 Å². The lowest BCUT2D eigenvalue weighted by molar-refractivity contribution is 0.151. The number of halogens is 1. The van der Waals surface area contributed by atoms with Crippen LogP contribution in [0.25, 0.3) is 0 Å². The molecule has 1 aromatic rings. The molecule has 0 unspecified atom stereocenters. The van der Waals surface area contributed by atoms with Gasteiger partial charge in [-0.05, 0) is 24.3 Å². The Hall–Kier alpha value is -0.470. The van der Waals surface area contributed by atoms with E-state index in [1.54, 1.807) is 24.3 Å². The van der Waals surface area contributed by atoms with Crippen LogP contribution in [0.4, 0.5) is 0 Å². The predicted molar refractivity (Wildman–Crippen MR) is 76.4 cm³/mol. The van der Waals surface area contributed by atoms with Gasteiger partial charge in [-0.15, -0.1) is 0 Å². The van der Waals surface area contributed by atoms with Gasteiger partial charge in [-0.3, -0.25) is 4.90 Å². The van der Waals surface area contributed by atoms with Crippen molar-refractivity contribution in [2.45, 2.75) is 4.90 Å². The number of aliphatic hydroxyl groups excluding tert-OH is 1. The summed E-state index contributed by atoms with van der Waals surface area (Å²) in [4.78, 5) is 2.39. The average Bonchev–Trinajstić information content (AvgIpc) is 2.40. The quantitative estimate of drug-likeness (QED) is 0.872. The summed E-state index contributed by atoms with van der Waals surface area (Å²) in [5.74, 6) is 0. The minimum atomic E-state index is -3.39. The van der Waals surface area contributed by atoms with Crippen molar-refractivity contribution in [3.8, 4) is 0 Å². The number of nitrogens with zero attached hydrogens (tertiary/aromatic N) is 2. The van der Waals surface area contributed by atoms with Crippen LogP contribution in [0.5, 0.6) is 0 Å². The minimum absolute atomic E-state index is 0.111. The predicted octanol–water partition coefficient (Wildman–Crippen LogP) is 0.748. The van der Waals surface area contributed by atoms with E-state index in [0.29, 0.717) is 37.6 Å². The highest BCUT2D eigenvalue weighted by atomic mass is 79.9. The second-order valence-corrected chi connectivity index (χ2v) is 7.28. The number of β-amino-alcohol motifs (C(OH)–C–C–N with tert-alkyl or cyclic N) is 1. The maximum Gasteiger partial charge on any atom is 0.243 e. The van der Waals surface area contributed by atoms with Gasteiger partial charge in [0.05, 0.1) is 11.5 Å². The van der Waals surface area contributed by atoms with Gasteiger partial charge in [0.15, 0.2) is 0 Å². The summed E-state index contributed by atoms with van der Waals surface area (Å²) in [7, 11) is -3.39. The van der Waals surface area contributed by atoms with Crippen molar-refractivity contribution in [1.29, 1.82) is 0 Å². The summed E-state index contributed by atoms with van der Waals surface area (Å²) in [5.41, 5.74) is 0. The molecule has 0 spiro atoms. The Kier molecular flexibility index (Phi) is 4.97. The van der Waals surface area contributed by atoms with Crippen molar-refractivity contribution < 1.29 is 13.5 Å². The molecular weight excluding hydrogens is 332 g/mol. The fourth-order valence-corrected chi connectivity index (χ4v) is 3.78. The molecule has 0 amide bonds. The fraction of sp³-hybridized carbons (Fsp3) is 0.500. The highest BCUT2D eigenvalue weighted by Crippen LogP contribution is 2.19. The van der Waals surface area contributed by atoms with Crippen molar-refractivity contribution in [3.63, 3.8) is 0 Å². The second-order valence-electron chi connectivity index (χ2n) is 4.42. The molecule has 1 heterocycles. The van der Waals surface area contributed by atoms with E-state index in [2.05, 4.69) is 20.8 Å². The molecule has 19 heavy (non-hydrogen) atoms. The molecule has 1 aromatic carbocycles. The van der Waals surface area contributed by atoms with Crippen LogP contribution in [-0.2, 0) is 10.0 Å². The topological polar surface area (TPSA) is 60.9 Å². The molecule has 1 aliphatic heterocycles. The van der Waals surface area contributed by atoms with Gasteiger partial charge in [-0.25, -0.2) is 8.42 Å². The maximum atomic E-state index is 12.4. The van der Waals surface area contributed by atoms with Crippen molar-refractivity contribution in [3.05, 3.63) is 28.7 Å². The number of benzene rings is 1. The molecule has 7 heteroatoms. The average molecular weight is 349 g/mol. The molecule has 0 atom stereocenters. The van der Waals surface area contributed by atoms with Gasteiger partial charge in [0.25, 0.3) is 0 Å². The zero-order valence-corrected chi connectivity index (χ0v) is 12.9. The third-order valence-electron chi connectivity index (χ3n) is 3.20. The first-order valence-electron chi connectivity index (χ1n) is 6.13. The Morgan fingerprint density at radius 3 is 2.21 bits per heavy atom. The maximum absolute atomic E-state index is 12.4. The minimum Gasteiger partial charge on any atom is -0.395 e. The summed E-state index contributed by atoms with van der Waals surface area (Å²) < 4.78 is 27.2. The molecule has 0 radical (unpaired) electrons. The lowest BCUT2D eigenvalue weighted by atomic mass is 10.4. The lowest BCUT2D eigenvalue weighted by Crippen LogP contribution is -2.49. The number of rotatable bonds is 4. The SMILES string of the molecule is O=S(=O)(c1ccc(Br)cc1)N1CCN(CCO)CC1. The van der Waals surface area contributed by atoms with E-state index in [1.165, 1.54) is 4.31 Å². The van der Waals surface area contributed by atoms with E-state index in [-0.39, 0.29) is 6.61 Å². The van der Waals surface area contributed by atoms with E-state index in [0.717, 1.165) is 4.47 Å². The first-order chi connectivity index (χ1) is 9.04. The van der Waals surface area contributed by atoms with Crippen molar-refractivity contribution in [1.82, 2.24) is 9.21 Å². The number of piperazine rings is 1. The van der Waals surface area contributed by atoms with Crippen LogP contribution in [0.3, 0.4) is 0 Å². The fourth-order valence-electron chi connectivity index (χ4n) is 2.09. The third kappa shape index (κ3) is 3.55. The van der Waals surface area contributed by atoms with Crippen LogP contribution in [0, 0.1) is 0 Å². The molecule has 1 fully saturated rings. The highest BCUT2D eigenvalue weighted by Gasteiger charge is 2.27. The van der Waals surface area contributed by atoms with Crippen molar-refractivity contribution in [2.24, 2.45) is 0 Å². The third-order valence-corrected chi connectivity index (χ3v) is 5.64. The molecule has 1 aliphatic rings. The number of hydrogen-bond acceptors (Lipinski definition) is 4. The second kappa shape index (κ2) is 6.32. The zero-order chi connectivity index (χ0) is 13.9. The number of aliphatic hydroxyl groups is 1. The first kappa shape index (κ1) is 14.9. The molecule has 1 saturated heterocycles. The summed E-state index contributed by atoms with van der Waals surface area (Å²) in [6.45, 7) is 2.98. The van der Waals surface area contributed by atoms with E-state index in [1.807, 2.05) is 0 Å². The number of sulfonamides is 1. The van der Waals surface area contributed by atoms with E-state index in [9.17, 15) is 8.42 Å². The van der Waals surface area contributed by atoms with E-state index >= 15 is 0 Å². The van der Waals surface area contributed by atoms with Crippen LogP contribution >= 0.6 is 15.9 Å². The van der Waals surface area contributed by atoms with E-state index < -0.39 is 10.0 Å².